The van der Waals surface area contributed by atoms with Gasteiger partial charge in [-0.25, -0.2) is 4.79 Å². The van der Waals surface area contributed by atoms with Gasteiger partial charge in [0, 0.05) is 24.2 Å². The Labute approximate surface area is 170 Å². The molecule has 30 heavy (non-hydrogen) atoms. The Bertz CT molecular complexity index is 831. The van der Waals surface area contributed by atoms with E-state index in [1.165, 1.54) is 18.4 Å². The quantitative estimate of drug-likeness (QED) is 0.722. The Balaban J connectivity index is 1.39. The zero-order valence-electron chi connectivity index (χ0n) is 16.1. The van der Waals surface area contributed by atoms with Crippen LogP contribution in [0, 0.1) is 0 Å². The molecule has 0 radical (unpaired) electrons. The number of carbonyl (C=O) groups excluding carboxylic acids is 3. The van der Waals surface area contributed by atoms with Crippen molar-refractivity contribution < 1.29 is 32.4 Å². The van der Waals surface area contributed by atoms with Crippen LogP contribution in [0.5, 0.6) is 0 Å². The summed E-state index contributed by atoms with van der Waals surface area (Å²) in [7, 11) is 0. The molecule has 3 saturated heterocycles. The van der Waals surface area contributed by atoms with Crippen LogP contribution >= 0.6 is 0 Å². The largest absolute Gasteiger partial charge is 0.493 e. The first-order valence-electron chi connectivity index (χ1n) is 9.99. The highest BCUT2D eigenvalue weighted by molar-refractivity contribution is 6.01. The van der Waals surface area contributed by atoms with Gasteiger partial charge in [-0.2, -0.15) is 13.2 Å². The number of alkyl halides is 3. The number of rotatable bonds is 4. The second-order valence-electron chi connectivity index (χ2n) is 8.07. The number of fused-ring (bicyclic) bond motifs is 2. The Hall–Kier alpha value is -2.62. The topological polar surface area (TPSA) is 87.7 Å². The molecule has 10 heteroatoms. The second-order valence-corrected chi connectivity index (χ2v) is 8.07. The summed E-state index contributed by atoms with van der Waals surface area (Å²) in [6.07, 6.45) is -0.831. The molecule has 1 aromatic rings. The average Bonchev–Trinajstić information content (AvgIpc) is 3.04. The van der Waals surface area contributed by atoms with Gasteiger partial charge in [-0.15, -0.1) is 5.06 Å². The van der Waals surface area contributed by atoms with Crippen LogP contribution in [0.25, 0.3) is 0 Å². The lowest BCUT2D eigenvalue weighted by molar-refractivity contribution is -0.237. The molecule has 4 rings (SSSR count). The van der Waals surface area contributed by atoms with E-state index in [-0.39, 0.29) is 17.9 Å². The van der Waals surface area contributed by atoms with Gasteiger partial charge in [0.15, 0.2) is 0 Å². The lowest BCUT2D eigenvalue weighted by atomic mass is 9.86. The summed E-state index contributed by atoms with van der Waals surface area (Å²) in [6, 6.07) is 7.76. The number of anilines is 1. The Morgan fingerprint density at radius 3 is 2.30 bits per heavy atom. The number of carbonyl (C=O) groups is 3. The molecule has 0 saturated carbocycles. The number of halogens is 3. The van der Waals surface area contributed by atoms with E-state index in [0.29, 0.717) is 23.7 Å². The number of hydroxylamine groups is 2. The lowest BCUT2D eigenvalue weighted by Gasteiger charge is -2.30. The first-order valence-corrected chi connectivity index (χ1v) is 9.99. The zero-order valence-corrected chi connectivity index (χ0v) is 16.1. The molecule has 162 valence electrons. The Morgan fingerprint density at radius 2 is 1.70 bits per heavy atom. The van der Waals surface area contributed by atoms with Crippen molar-refractivity contribution in [2.75, 3.05) is 5.32 Å². The first kappa shape index (κ1) is 20.6. The van der Waals surface area contributed by atoms with Crippen LogP contribution in [0.3, 0.4) is 0 Å². The molecule has 0 aromatic heterocycles. The van der Waals surface area contributed by atoms with Gasteiger partial charge < -0.3 is 15.5 Å². The van der Waals surface area contributed by atoms with Crippen molar-refractivity contribution in [3.63, 3.8) is 0 Å². The highest BCUT2D eigenvalue weighted by Gasteiger charge is 2.46. The van der Waals surface area contributed by atoms with Crippen molar-refractivity contribution in [2.24, 2.45) is 0 Å². The van der Waals surface area contributed by atoms with E-state index in [4.69, 9.17) is 0 Å². The number of nitrogens with zero attached hydrogens (tertiary/aromatic N) is 1. The molecule has 3 aliphatic rings. The van der Waals surface area contributed by atoms with Crippen molar-refractivity contribution in [2.45, 2.75) is 68.7 Å². The predicted molar refractivity (Wildman–Crippen MR) is 99.0 cm³/mol. The summed E-state index contributed by atoms with van der Waals surface area (Å²) in [4.78, 5) is 39.2. The molecule has 3 fully saturated rings. The van der Waals surface area contributed by atoms with Crippen LogP contribution in [0.2, 0.25) is 0 Å². The molecule has 1 aromatic carbocycles. The molecule has 3 unspecified atom stereocenters. The number of imide groups is 1. The number of hydrogen-bond donors (Lipinski definition) is 2. The molecular weight excluding hydrogens is 403 g/mol. The van der Waals surface area contributed by atoms with E-state index >= 15 is 0 Å². The minimum absolute atomic E-state index is 0.0871. The molecule has 2 bridgehead atoms. The fourth-order valence-electron chi connectivity index (χ4n) is 4.50. The monoisotopic (exact) mass is 425 g/mol. The highest BCUT2D eigenvalue weighted by Crippen LogP contribution is 2.37. The molecule has 3 atom stereocenters. The third-order valence-electron chi connectivity index (χ3n) is 5.97. The maximum absolute atomic E-state index is 12.4. The van der Waals surface area contributed by atoms with Crippen LogP contribution in [0.4, 0.5) is 18.9 Å². The van der Waals surface area contributed by atoms with Crippen molar-refractivity contribution in [1.82, 2.24) is 10.4 Å². The van der Waals surface area contributed by atoms with Crippen molar-refractivity contribution >= 4 is 23.5 Å². The summed E-state index contributed by atoms with van der Waals surface area (Å²) < 4.78 is 37.2. The predicted octanol–water partition coefficient (Wildman–Crippen LogP) is 2.63. The van der Waals surface area contributed by atoms with Crippen LogP contribution in [0.1, 0.15) is 50.0 Å². The standard InChI is InChI=1S/C20H22F3N3O4/c21-20(22,23)19(29)30-26-17(27)8-7-16(18(26)28)25-13-3-1-11(2-4-13)12-9-14-5-6-15(10-12)24-14/h1-4,12,14-16,24-25H,5-10H2. The van der Waals surface area contributed by atoms with Gasteiger partial charge in [-0.1, -0.05) is 12.1 Å². The van der Waals surface area contributed by atoms with Gasteiger partial charge in [-0.3, -0.25) is 9.59 Å². The van der Waals surface area contributed by atoms with Gasteiger partial charge >= 0.3 is 12.1 Å². The molecular formula is C20H22F3N3O4. The minimum Gasteiger partial charge on any atom is -0.374 e. The highest BCUT2D eigenvalue weighted by atomic mass is 19.4. The van der Waals surface area contributed by atoms with Crippen molar-refractivity contribution in [3.05, 3.63) is 29.8 Å². The fourth-order valence-corrected chi connectivity index (χ4v) is 4.50. The minimum atomic E-state index is -5.30. The number of benzene rings is 1. The van der Waals surface area contributed by atoms with E-state index in [9.17, 15) is 27.6 Å². The maximum atomic E-state index is 12.4. The van der Waals surface area contributed by atoms with Crippen LogP contribution < -0.4 is 10.6 Å². The molecule has 3 heterocycles. The number of nitrogens with one attached hydrogen (secondary N) is 2. The fraction of sp³-hybridized carbons (Fsp3) is 0.550. The van der Waals surface area contributed by atoms with Gasteiger partial charge in [0.2, 0.25) is 0 Å². The summed E-state index contributed by atoms with van der Waals surface area (Å²) in [6.45, 7) is 0. The molecule has 3 aliphatic heterocycles. The number of piperidine rings is 2. The Kier molecular flexibility index (Phi) is 5.44. The third kappa shape index (κ3) is 4.28. The number of hydrogen-bond acceptors (Lipinski definition) is 6. The SMILES string of the molecule is O=C1CCC(Nc2ccc(C3CC4CCC(C3)N4)cc2)C(=O)N1OC(=O)C(F)(F)F. The second kappa shape index (κ2) is 7.90. The molecule has 2 amide bonds. The van der Waals surface area contributed by atoms with Crippen molar-refractivity contribution in [1.29, 1.82) is 0 Å². The normalized spacial score (nSPS) is 29.1. The average molecular weight is 425 g/mol. The van der Waals surface area contributed by atoms with Gasteiger partial charge in [0.25, 0.3) is 11.8 Å². The van der Waals surface area contributed by atoms with Crippen LogP contribution in [0.15, 0.2) is 24.3 Å². The number of amides is 2. The summed E-state index contributed by atoms with van der Waals surface area (Å²) in [5, 5.41) is 6.44. The van der Waals surface area contributed by atoms with E-state index < -0.39 is 30.0 Å². The van der Waals surface area contributed by atoms with E-state index in [0.717, 1.165) is 12.8 Å². The van der Waals surface area contributed by atoms with E-state index in [1.54, 1.807) is 0 Å². The summed E-state index contributed by atoms with van der Waals surface area (Å²) >= 11 is 0. The molecule has 0 aliphatic carbocycles. The van der Waals surface area contributed by atoms with Gasteiger partial charge in [0.05, 0.1) is 0 Å². The smallest absolute Gasteiger partial charge is 0.374 e. The molecule has 7 nitrogen and oxygen atoms in total. The van der Waals surface area contributed by atoms with Crippen LogP contribution in [-0.2, 0) is 19.2 Å². The molecule has 0 spiro atoms. The van der Waals surface area contributed by atoms with Gasteiger partial charge in [0.1, 0.15) is 6.04 Å². The summed E-state index contributed by atoms with van der Waals surface area (Å²) in [5.41, 5.74) is 1.82. The maximum Gasteiger partial charge on any atom is 0.493 e. The van der Waals surface area contributed by atoms with Gasteiger partial charge in [-0.05, 0) is 55.7 Å². The lowest BCUT2D eigenvalue weighted by Crippen LogP contribution is -2.52. The first-order chi connectivity index (χ1) is 14.2. The van der Waals surface area contributed by atoms with Crippen LogP contribution in [-0.4, -0.2) is 47.1 Å². The molecule has 2 N–H and O–H groups in total. The van der Waals surface area contributed by atoms with Crippen molar-refractivity contribution in [3.8, 4) is 0 Å². The zero-order chi connectivity index (χ0) is 21.5. The van der Waals surface area contributed by atoms with E-state index in [1.807, 2.05) is 24.3 Å². The summed E-state index contributed by atoms with van der Waals surface area (Å²) in [5.74, 6) is -4.14. The van der Waals surface area contributed by atoms with E-state index in [2.05, 4.69) is 15.5 Å². The Morgan fingerprint density at radius 1 is 1.07 bits per heavy atom. The third-order valence-corrected chi connectivity index (χ3v) is 5.97.